The Morgan fingerprint density at radius 1 is 1.12 bits per heavy atom. The summed E-state index contributed by atoms with van der Waals surface area (Å²) in [5.74, 6) is 1.51. The third-order valence-corrected chi connectivity index (χ3v) is 3.97. The summed E-state index contributed by atoms with van der Waals surface area (Å²) in [6.45, 7) is 1.58. The Morgan fingerprint density at radius 3 is 2.83 bits per heavy atom. The summed E-state index contributed by atoms with van der Waals surface area (Å²) in [5, 5.41) is 0.994. The van der Waals surface area contributed by atoms with Gasteiger partial charge in [0.05, 0.1) is 37.8 Å². The number of ether oxygens (including phenoxy) is 2. The van der Waals surface area contributed by atoms with Crippen molar-refractivity contribution in [2.45, 2.75) is 12.5 Å². The molecule has 122 valence electrons. The van der Waals surface area contributed by atoms with Gasteiger partial charge in [-0.05, 0) is 6.07 Å². The van der Waals surface area contributed by atoms with E-state index < -0.39 is 0 Å². The summed E-state index contributed by atoms with van der Waals surface area (Å²) in [6.07, 6.45) is 9.16. The molecule has 4 heterocycles. The maximum atomic E-state index is 5.86. The summed E-state index contributed by atoms with van der Waals surface area (Å²) in [6, 6.07) is 2.30. The van der Waals surface area contributed by atoms with Crippen molar-refractivity contribution in [1.82, 2.24) is 24.9 Å². The Morgan fingerprint density at radius 2 is 2.00 bits per heavy atom. The maximum Gasteiger partial charge on any atom is 0.316 e. The third kappa shape index (κ3) is 2.78. The molecule has 3 aromatic rings. The normalized spacial score (nSPS) is 17.2. The first-order valence-electron chi connectivity index (χ1n) is 7.66. The van der Waals surface area contributed by atoms with E-state index in [2.05, 4.69) is 29.8 Å². The number of aromatic nitrogens is 5. The highest BCUT2D eigenvalue weighted by atomic mass is 16.5. The Labute approximate surface area is 138 Å². The molecule has 1 atom stereocenters. The fourth-order valence-electron chi connectivity index (χ4n) is 2.78. The highest BCUT2D eigenvalue weighted by Crippen LogP contribution is 2.26. The van der Waals surface area contributed by atoms with Gasteiger partial charge in [-0.25, -0.2) is 9.97 Å². The minimum Gasteiger partial charge on any atom is -0.494 e. The molecule has 24 heavy (non-hydrogen) atoms. The van der Waals surface area contributed by atoms with Crippen LogP contribution in [0.15, 0.2) is 37.2 Å². The van der Waals surface area contributed by atoms with Gasteiger partial charge in [0.25, 0.3) is 0 Å². The van der Waals surface area contributed by atoms with E-state index in [1.807, 2.05) is 6.07 Å². The zero-order chi connectivity index (χ0) is 16.4. The van der Waals surface area contributed by atoms with Crippen LogP contribution in [0.2, 0.25) is 0 Å². The number of nitrogens with zero attached hydrogens (tertiary/aromatic N) is 6. The highest BCUT2D eigenvalue weighted by molar-refractivity contribution is 5.88. The molecule has 8 heteroatoms. The molecule has 1 aliphatic heterocycles. The van der Waals surface area contributed by atoms with E-state index in [1.165, 1.54) is 0 Å². The van der Waals surface area contributed by atoms with Crippen molar-refractivity contribution in [3.63, 3.8) is 0 Å². The molecule has 0 bridgehead atoms. The summed E-state index contributed by atoms with van der Waals surface area (Å²) in [5.41, 5.74) is 0.838. The van der Waals surface area contributed by atoms with Crippen LogP contribution in [0.3, 0.4) is 0 Å². The van der Waals surface area contributed by atoms with Gasteiger partial charge >= 0.3 is 6.01 Å². The number of pyridine rings is 1. The Hall–Kier alpha value is -3.03. The van der Waals surface area contributed by atoms with E-state index in [9.17, 15) is 0 Å². The molecule has 0 amide bonds. The van der Waals surface area contributed by atoms with Crippen LogP contribution in [0, 0.1) is 0 Å². The Balaban J connectivity index is 1.49. The van der Waals surface area contributed by atoms with Crippen LogP contribution in [0.4, 0.5) is 5.82 Å². The third-order valence-electron chi connectivity index (χ3n) is 3.97. The molecule has 1 fully saturated rings. The molecule has 0 saturated carbocycles. The zero-order valence-corrected chi connectivity index (χ0v) is 13.2. The smallest absolute Gasteiger partial charge is 0.316 e. The molecule has 1 unspecified atom stereocenters. The second-order valence-corrected chi connectivity index (χ2v) is 5.47. The molecule has 1 saturated heterocycles. The first-order chi connectivity index (χ1) is 11.8. The van der Waals surface area contributed by atoms with E-state index >= 15 is 0 Å². The molecule has 0 spiro atoms. The van der Waals surface area contributed by atoms with Crippen LogP contribution in [0.1, 0.15) is 6.42 Å². The van der Waals surface area contributed by atoms with Gasteiger partial charge in [-0.15, -0.1) is 0 Å². The molecule has 1 aliphatic rings. The molecule has 4 rings (SSSR count). The van der Waals surface area contributed by atoms with Crippen molar-refractivity contribution in [2.75, 3.05) is 25.1 Å². The van der Waals surface area contributed by atoms with Gasteiger partial charge in [-0.2, -0.15) is 9.97 Å². The second-order valence-electron chi connectivity index (χ2n) is 5.47. The lowest BCUT2D eigenvalue weighted by atomic mass is 10.3. The zero-order valence-electron chi connectivity index (χ0n) is 13.2. The minimum atomic E-state index is 0.0187. The summed E-state index contributed by atoms with van der Waals surface area (Å²) < 4.78 is 10.9. The SMILES string of the molecule is COc1cnc(OC2CCN(c3ncnc4cnccc34)C2)nc1. The van der Waals surface area contributed by atoms with Gasteiger partial charge in [0, 0.05) is 24.5 Å². The predicted octanol–water partition coefficient (Wildman–Crippen LogP) is 1.48. The molecule has 3 aromatic heterocycles. The number of methoxy groups -OCH3 is 1. The van der Waals surface area contributed by atoms with Crippen molar-refractivity contribution >= 4 is 16.7 Å². The van der Waals surface area contributed by atoms with Gasteiger partial charge in [-0.1, -0.05) is 0 Å². The van der Waals surface area contributed by atoms with Crippen molar-refractivity contribution in [2.24, 2.45) is 0 Å². The fourth-order valence-corrected chi connectivity index (χ4v) is 2.78. The minimum absolute atomic E-state index is 0.0187. The van der Waals surface area contributed by atoms with Crippen LogP contribution in [0.25, 0.3) is 10.9 Å². The van der Waals surface area contributed by atoms with Crippen LogP contribution in [-0.4, -0.2) is 51.2 Å². The predicted molar refractivity (Wildman–Crippen MR) is 87.2 cm³/mol. The van der Waals surface area contributed by atoms with Crippen molar-refractivity contribution in [1.29, 1.82) is 0 Å². The fraction of sp³-hybridized carbons (Fsp3) is 0.312. The monoisotopic (exact) mass is 324 g/mol. The quantitative estimate of drug-likeness (QED) is 0.713. The molecular formula is C16H16N6O2. The van der Waals surface area contributed by atoms with Crippen molar-refractivity contribution < 1.29 is 9.47 Å². The highest BCUT2D eigenvalue weighted by Gasteiger charge is 2.27. The van der Waals surface area contributed by atoms with E-state index in [4.69, 9.17) is 9.47 Å². The number of hydrogen-bond acceptors (Lipinski definition) is 8. The average Bonchev–Trinajstić information content (AvgIpc) is 3.10. The largest absolute Gasteiger partial charge is 0.494 e. The summed E-state index contributed by atoms with van der Waals surface area (Å²) in [7, 11) is 1.58. The molecular weight excluding hydrogens is 308 g/mol. The number of hydrogen-bond donors (Lipinski definition) is 0. The standard InChI is InChI=1S/C16H16N6O2/c1-23-12-6-18-16(19-7-12)24-11-3-5-22(9-11)15-13-2-4-17-8-14(13)20-10-21-15/h2,4,6-8,10-11H,3,5,9H2,1H3. The second kappa shape index (κ2) is 6.23. The molecule has 8 nitrogen and oxygen atoms in total. The molecule has 0 aliphatic carbocycles. The van der Waals surface area contributed by atoms with Crippen LogP contribution >= 0.6 is 0 Å². The Bertz CT molecular complexity index is 836. The van der Waals surface area contributed by atoms with Gasteiger partial charge < -0.3 is 14.4 Å². The van der Waals surface area contributed by atoms with E-state index in [1.54, 1.807) is 38.2 Å². The first kappa shape index (κ1) is 14.6. The van der Waals surface area contributed by atoms with Gasteiger partial charge in [0.15, 0.2) is 5.75 Å². The number of anilines is 1. The molecule has 0 radical (unpaired) electrons. The van der Waals surface area contributed by atoms with E-state index in [-0.39, 0.29) is 6.10 Å². The molecule has 0 N–H and O–H groups in total. The first-order valence-corrected chi connectivity index (χ1v) is 7.66. The number of rotatable bonds is 4. The van der Waals surface area contributed by atoms with E-state index in [0.717, 1.165) is 36.2 Å². The maximum absolute atomic E-state index is 5.86. The van der Waals surface area contributed by atoms with Crippen LogP contribution < -0.4 is 14.4 Å². The number of fused-ring (bicyclic) bond motifs is 1. The average molecular weight is 324 g/mol. The van der Waals surface area contributed by atoms with Crippen LogP contribution in [-0.2, 0) is 0 Å². The van der Waals surface area contributed by atoms with Gasteiger partial charge in [0.1, 0.15) is 18.2 Å². The van der Waals surface area contributed by atoms with Gasteiger partial charge in [0.2, 0.25) is 0 Å². The summed E-state index contributed by atoms with van der Waals surface area (Å²) >= 11 is 0. The lowest BCUT2D eigenvalue weighted by Gasteiger charge is -2.18. The summed E-state index contributed by atoms with van der Waals surface area (Å²) in [4.78, 5) is 23.3. The molecule has 0 aromatic carbocycles. The van der Waals surface area contributed by atoms with Crippen LogP contribution in [0.5, 0.6) is 11.8 Å². The Kier molecular flexibility index (Phi) is 3.78. The van der Waals surface area contributed by atoms with E-state index in [0.29, 0.717) is 11.8 Å². The van der Waals surface area contributed by atoms with Crippen molar-refractivity contribution in [3.8, 4) is 11.8 Å². The lowest BCUT2D eigenvalue weighted by molar-refractivity contribution is 0.205. The van der Waals surface area contributed by atoms with Gasteiger partial charge in [-0.3, -0.25) is 4.98 Å². The topological polar surface area (TPSA) is 86.2 Å². The van der Waals surface area contributed by atoms with Crippen molar-refractivity contribution in [3.05, 3.63) is 37.2 Å². The lowest BCUT2D eigenvalue weighted by Crippen LogP contribution is -2.26.